The number of ether oxygens (including phenoxy) is 1. The maximum absolute atomic E-state index is 14.8. The highest BCUT2D eigenvalue weighted by molar-refractivity contribution is 7.14. The molecule has 0 atom stereocenters. The summed E-state index contributed by atoms with van der Waals surface area (Å²) in [5, 5.41) is 9.71. The van der Waals surface area contributed by atoms with Crippen molar-refractivity contribution in [3.8, 4) is 17.0 Å². The lowest BCUT2D eigenvalue weighted by Gasteiger charge is -2.22. The van der Waals surface area contributed by atoms with Crippen LogP contribution in [0.2, 0.25) is 0 Å². The Hall–Kier alpha value is -3.74. The molecule has 0 radical (unpaired) electrons. The largest absolute Gasteiger partial charge is 0.493 e. The summed E-state index contributed by atoms with van der Waals surface area (Å²) in [5.74, 6) is -1.37. The summed E-state index contributed by atoms with van der Waals surface area (Å²) in [7, 11) is 0. The SMILES string of the molecule is CCCCCCCCOc1ccc(N(C(=O)CNC(=O)O)c2nc(-c3cccnc3)c(F)s2)cc1C(F)(F)F. The topological polar surface area (TPSA) is 105 Å². The zero-order valence-electron chi connectivity index (χ0n) is 21.1. The molecule has 0 spiro atoms. The van der Waals surface area contributed by atoms with Gasteiger partial charge in [-0.2, -0.15) is 17.6 Å². The first-order valence-electron chi connectivity index (χ1n) is 12.3. The molecule has 3 rings (SSSR count). The second-order valence-corrected chi connectivity index (χ2v) is 9.47. The van der Waals surface area contributed by atoms with E-state index in [2.05, 4.69) is 16.9 Å². The molecule has 2 heterocycles. The molecule has 0 bridgehead atoms. The highest BCUT2D eigenvalue weighted by atomic mass is 32.1. The van der Waals surface area contributed by atoms with Crippen LogP contribution in [0.15, 0.2) is 42.7 Å². The van der Waals surface area contributed by atoms with Crippen LogP contribution in [0.25, 0.3) is 11.3 Å². The Morgan fingerprint density at radius 3 is 2.54 bits per heavy atom. The van der Waals surface area contributed by atoms with E-state index in [4.69, 9.17) is 9.84 Å². The smallest absolute Gasteiger partial charge is 0.420 e. The van der Waals surface area contributed by atoms with Crippen LogP contribution in [0, 0.1) is 5.13 Å². The zero-order valence-corrected chi connectivity index (χ0v) is 21.9. The maximum Gasteiger partial charge on any atom is 0.420 e. The van der Waals surface area contributed by atoms with E-state index in [0.29, 0.717) is 29.4 Å². The van der Waals surface area contributed by atoms with Crippen molar-refractivity contribution >= 4 is 34.2 Å². The molecule has 8 nitrogen and oxygen atoms in total. The number of amides is 2. The van der Waals surface area contributed by atoms with Crippen LogP contribution >= 0.6 is 11.3 Å². The second kappa shape index (κ2) is 13.9. The first-order chi connectivity index (χ1) is 18.6. The van der Waals surface area contributed by atoms with Gasteiger partial charge in [0, 0.05) is 18.0 Å². The summed E-state index contributed by atoms with van der Waals surface area (Å²) in [4.78, 5) is 32.7. The van der Waals surface area contributed by atoms with Gasteiger partial charge >= 0.3 is 12.3 Å². The minimum atomic E-state index is -4.82. The predicted octanol–water partition coefficient (Wildman–Crippen LogP) is 7.03. The molecule has 13 heteroatoms. The molecule has 2 amide bonds. The third-order valence-electron chi connectivity index (χ3n) is 5.62. The molecule has 0 aliphatic rings. The lowest BCUT2D eigenvalue weighted by molar-refractivity contribution is -0.139. The van der Waals surface area contributed by atoms with Crippen molar-refractivity contribution in [3.05, 3.63) is 53.4 Å². The van der Waals surface area contributed by atoms with Gasteiger partial charge < -0.3 is 15.2 Å². The Morgan fingerprint density at radius 2 is 1.87 bits per heavy atom. The number of carbonyl (C=O) groups excluding carboxylic acids is 1. The van der Waals surface area contributed by atoms with Crippen molar-refractivity contribution in [2.24, 2.45) is 0 Å². The Bertz CT molecular complexity index is 1250. The maximum atomic E-state index is 14.8. The van der Waals surface area contributed by atoms with Crippen molar-refractivity contribution < 1.29 is 37.0 Å². The normalized spacial score (nSPS) is 11.3. The fourth-order valence-corrected chi connectivity index (χ4v) is 4.58. The summed E-state index contributed by atoms with van der Waals surface area (Å²) < 4.78 is 62.3. The number of hydrogen-bond acceptors (Lipinski definition) is 6. The summed E-state index contributed by atoms with van der Waals surface area (Å²) in [6, 6.07) is 6.09. The van der Waals surface area contributed by atoms with Gasteiger partial charge in [-0.3, -0.25) is 14.7 Å². The third-order valence-corrected chi connectivity index (χ3v) is 6.45. The van der Waals surface area contributed by atoms with E-state index in [0.717, 1.165) is 43.1 Å². The number of nitrogens with zero attached hydrogens (tertiary/aromatic N) is 3. The summed E-state index contributed by atoms with van der Waals surface area (Å²) >= 11 is 0.429. The van der Waals surface area contributed by atoms with Gasteiger partial charge in [-0.1, -0.05) is 50.4 Å². The second-order valence-electron chi connectivity index (χ2n) is 8.54. The minimum absolute atomic E-state index is 0.0892. The van der Waals surface area contributed by atoms with Crippen LogP contribution in [-0.4, -0.2) is 40.2 Å². The molecule has 1 aromatic carbocycles. The summed E-state index contributed by atoms with van der Waals surface area (Å²) in [6.45, 7) is 1.40. The average Bonchev–Trinajstić information content (AvgIpc) is 3.28. The predicted molar refractivity (Wildman–Crippen MR) is 139 cm³/mol. The number of halogens is 4. The van der Waals surface area contributed by atoms with E-state index in [1.165, 1.54) is 24.5 Å². The van der Waals surface area contributed by atoms with Gasteiger partial charge in [0.2, 0.25) is 5.13 Å². The zero-order chi connectivity index (χ0) is 28.4. The van der Waals surface area contributed by atoms with Gasteiger partial charge in [0.25, 0.3) is 5.91 Å². The highest BCUT2D eigenvalue weighted by Gasteiger charge is 2.36. The van der Waals surface area contributed by atoms with Crippen molar-refractivity contribution in [1.29, 1.82) is 0 Å². The number of rotatable bonds is 13. The molecule has 0 unspecified atom stereocenters. The molecule has 3 aromatic rings. The molecule has 39 heavy (non-hydrogen) atoms. The van der Waals surface area contributed by atoms with Crippen molar-refractivity contribution in [2.45, 2.75) is 51.6 Å². The van der Waals surface area contributed by atoms with Crippen LogP contribution in [-0.2, 0) is 11.0 Å². The lowest BCUT2D eigenvalue weighted by atomic mass is 10.1. The van der Waals surface area contributed by atoms with E-state index in [1.54, 1.807) is 6.07 Å². The number of aromatic nitrogens is 2. The van der Waals surface area contributed by atoms with E-state index >= 15 is 0 Å². The number of benzene rings is 1. The van der Waals surface area contributed by atoms with Crippen molar-refractivity contribution in [3.63, 3.8) is 0 Å². The number of pyridine rings is 1. The Balaban J connectivity index is 1.93. The molecule has 210 valence electrons. The van der Waals surface area contributed by atoms with Gasteiger partial charge in [-0.15, -0.1) is 0 Å². The molecular weight excluding hydrogens is 540 g/mol. The van der Waals surface area contributed by atoms with Gasteiger partial charge in [0.1, 0.15) is 18.0 Å². The number of thiazole rings is 1. The monoisotopic (exact) mass is 568 g/mol. The van der Waals surface area contributed by atoms with Gasteiger partial charge in [0.05, 0.1) is 17.9 Å². The number of hydrogen-bond donors (Lipinski definition) is 2. The highest BCUT2D eigenvalue weighted by Crippen LogP contribution is 2.41. The molecule has 2 aromatic heterocycles. The Labute approximate surface area is 226 Å². The Morgan fingerprint density at radius 1 is 1.13 bits per heavy atom. The molecule has 0 saturated carbocycles. The van der Waals surface area contributed by atoms with Crippen LogP contribution in [0.5, 0.6) is 5.75 Å². The third kappa shape index (κ3) is 8.37. The number of nitrogens with one attached hydrogen (secondary N) is 1. The van der Waals surface area contributed by atoms with Crippen LogP contribution in [0.3, 0.4) is 0 Å². The number of alkyl halides is 3. The molecule has 0 fully saturated rings. The van der Waals surface area contributed by atoms with Crippen LogP contribution in [0.1, 0.15) is 51.0 Å². The van der Waals surface area contributed by atoms with E-state index in [-0.39, 0.29) is 23.1 Å². The molecule has 0 aliphatic carbocycles. The van der Waals surface area contributed by atoms with Crippen molar-refractivity contribution in [1.82, 2.24) is 15.3 Å². The van der Waals surface area contributed by atoms with E-state index < -0.39 is 41.2 Å². The minimum Gasteiger partial charge on any atom is -0.493 e. The van der Waals surface area contributed by atoms with E-state index in [9.17, 15) is 27.2 Å². The van der Waals surface area contributed by atoms with Gasteiger partial charge in [0.15, 0.2) is 5.13 Å². The molecule has 0 saturated heterocycles. The van der Waals surface area contributed by atoms with Crippen LogP contribution < -0.4 is 15.0 Å². The average molecular weight is 569 g/mol. The number of carboxylic acid groups (broad SMARTS) is 1. The standard InChI is InChI=1S/C26H28F4N4O4S/c1-2-3-4-5-6-7-13-38-20-11-10-18(14-19(20)26(28,29)30)34(21(35)16-32-25(36)37)24-33-22(23(27)39-24)17-9-8-12-31-15-17/h8-12,14-15,32H,2-7,13,16H2,1H3,(H,36,37). The lowest BCUT2D eigenvalue weighted by Crippen LogP contribution is -2.37. The fraction of sp³-hybridized carbons (Fsp3) is 0.385. The summed E-state index contributed by atoms with van der Waals surface area (Å²) in [5.41, 5.74) is -1.26. The van der Waals surface area contributed by atoms with Crippen molar-refractivity contribution in [2.75, 3.05) is 18.1 Å². The molecule has 0 aliphatic heterocycles. The first-order valence-corrected chi connectivity index (χ1v) is 13.1. The first kappa shape index (κ1) is 29.8. The number of unbranched alkanes of at least 4 members (excludes halogenated alkanes) is 5. The molecular formula is C26H28F4N4O4S. The van der Waals surface area contributed by atoms with Gasteiger partial charge in [-0.05, 0) is 36.8 Å². The quantitative estimate of drug-likeness (QED) is 0.169. The number of anilines is 2. The van der Waals surface area contributed by atoms with E-state index in [1.807, 2.05) is 5.32 Å². The van der Waals surface area contributed by atoms with Crippen LogP contribution in [0.4, 0.5) is 33.2 Å². The van der Waals surface area contributed by atoms with Gasteiger partial charge in [-0.25, -0.2) is 9.78 Å². The molecule has 2 N–H and O–H groups in total. The Kier molecular flexibility index (Phi) is 10.6. The summed E-state index contributed by atoms with van der Waals surface area (Å²) in [6.07, 6.45) is 2.10. The fourth-order valence-electron chi connectivity index (χ4n) is 3.73. The number of carbonyl (C=O) groups is 2.